The van der Waals surface area contributed by atoms with Gasteiger partial charge in [-0.15, -0.1) is 11.3 Å². The van der Waals surface area contributed by atoms with E-state index in [1.54, 1.807) is 30.5 Å². The van der Waals surface area contributed by atoms with Gasteiger partial charge in [0.15, 0.2) is 17.3 Å². The Hall–Kier alpha value is -3.11. The number of hydrogen-bond donors (Lipinski definition) is 0. The fourth-order valence-corrected chi connectivity index (χ4v) is 7.24. The number of para-hydroxylation sites is 1. The predicted molar refractivity (Wildman–Crippen MR) is 135 cm³/mol. The molecule has 1 aliphatic heterocycles. The smallest absolute Gasteiger partial charge is 0.232 e. The van der Waals surface area contributed by atoms with E-state index in [0.717, 1.165) is 42.5 Å². The highest BCUT2D eigenvalue weighted by molar-refractivity contribution is 7.16. The lowest BCUT2D eigenvalue weighted by molar-refractivity contribution is -0.119. The van der Waals surface area contributed by atoms with Gasteiger partial charge in [-0.05, 0) is 50.2 Å². The summed E-state index contributed by atoms with van der Waals surface area (Å²) >= 11 is 1.58. The van der Waals surface area contributed by atoms with Gasteiger partial charge in [-0.25, -0.2) is 0 Å². The summed E-state index contributed by atoms with van der Waals surface area (Å²) in [4.78, 5) is 30.1. The summed E-state index contributed by atoms with van der Waals surface area (Å²) < 4.78 is 11.2. The molecule has 1 aromatic heterocycles. The van der Waals surface area contributed by atoms with Crippen LogP contribution in [-0.2, 0) is 22.4 Å². The summed E-state index contributed by atoms with van der Waals surface area (Å²) in [6.07, 6.45) is 8.34. The lowest BCUT2D eigenvalue weighted by Crippen LogP contribution is -2.40. The van der Waals surface area contributed by atoms with E-state index in [1.807, 2.05) is 18.2 Å². The number of rotatable bonds is 4. The van der Waals surface area contributed by atoms with Gasteiger partial charge in [0, 0.05) is 40.5 Å². The second-order valence-corrected chi connectivity index (χ2v) is 10.5. The number of carbonyl (C=O) groups excluding carboxylic acids is 2. The maximum absolute atomic E-state index is 13.8. The molecule has 1 aromatic carbocycles. The molecule has 0 N–H and O–H groups in total. The molecule has 1 amide bonds. The molecule has 0 bridgehead atoms. The summed E-state index contributed by atoms with van der Waals surface area (Å²) in [5.74, 6) is 0.752. The van der Waals surface area contributed by atoms with Gasteiger partial charge >= 0.3 is 0 Å². The quantitative estimate of drug-likeness (QED) is 0.539. The van der Waals surface area contributed by atoms with E-state index >= 15 is 0 Å². The van der Waals surface area contributed by atoms with Gasteiger partial charge in [0.1, 0.15) is 11.1 Å². The van der Waals surface area contributed by atoms with Crippen LogP contribution in [0.5, 0.6) is 11.5 Å². The second kappa shape index (κ2) is 9.87. The third-order valence-corrected chi connectivity index (χ3v) is 8.73. The summed E-state index contributed by atoms with van der Waals surface area (Å²) in [5.41, 5.74) is 3.98. The van der Waals surface area contributed by atoms with E-state index in [2.05, 4.69) is 6.07 Å². The van der Waals surface area contributed by atoms with Gasteiger partial charge < -0.3 is 9.47 Å². The maximum Gasteiger partial charge on any atom is 0.232 e. The normalized spacial score (nSPS) is 20.5. The molecule has 2 aromatic rings. The monoisotopic (exact) mass is 490 g/mol. The Balaban J connectivity index is 1.67. The summed E-state index contributed by atoms with van der Waals surface area (Å²) in [5, 5.41) is 10.9. The van der Waals surface area contributed by atoms with Crippen LogP contribution in [0.1, 0.15) is 78.9 Å². The number of benzene rings is 1. The Morgan fingerprint density at radius 3 is 2.54 bits per heavy atom. The van der Waals surface area contributed by atoms with Crippen LogP contribution in [0.25, 0.3) is 0 Å². The highest BCUT2D eigenvalue weighted by Gasteiger charge is 2.42. The first-order valence-electron chi connectivity index (χ1n) is 12.4. The Kier molecular flexibility index (Phi) is 6.66. The van der Waals surface area contributed by atoms with E-state index in [0.29, 0.717) is 46.9 Å². The summed E-state index contributed by atoms with van der Waals surface area (Å²) in [6, 6.07) is 8.03. The summed E-state index contributed by atoms with van der Waals surface area (Å²) in [7, 11) is 3.16. The number of thiophene rings is 1. The molecule has 3 aliphatic rings. The number of methoxy groups -OCH3 is 2. The van der Waals surface area contributed by atoms with E-state index in [9.17, 15) is 14.9 Å². The molecule has 0 radical (unpaired) electrons. The molecular weight excluding hydrogens is 460 g/mol. The SMILES string of the molecule is COc1cccc([C@H]2CC(=O)N(c3sc4c(c3C#N)CCCCCC4)C3=C2C(=O)CCC3)c1OC. The van der Waals surface area contributed by atoms with E-state index in [4.69, 9.17) is 9.47 Å². The Morgan fingerprint density at radius 1 is 1.00 bits per heavy atom. The number of aryl methyl sites for hydroxylation is 1. The van der Waals surface area contributed by atoms with Crippen LogP contribution in [-0.4, -0.2) is 25.9 Å². The molecule has 0 saturated heterocycles. The molecule has 7 heteroatoms. The molecular formula is C28H30N2O4S. The lowest BCUT2D eigenvalue weighted by Gasteiger charge is -2.38. The van der Waals surface area contributed by atoms with Crippen LogP contribution in [0.15, 0.2) is 29.5 Å². The van der Waals surface area contributed by atoms with Crippen LogP contribution in [0.2, 0.25) is 0 Å². The largest absolute Gasteiger partial charge is 0.493 e. The number of carbonyl (C=O) groups is 2. The number of nitrogens with zero attached hydrogens (tertiary/aromatic N) is 2. The molecule has 1 atom stereocenters. The molecule has 2 aliphatic carbocycles. The zero-order chi connectivity index (χ0) is 24.5. The van der Waals surface area contributed by atoms with Crippen LogP contribution < -0.4 is 14.4 Å². The van der Waals surface area contributed by atoms with Crippen molar-refractivity contribution >= 4 is 28.0 Å². The third-order valence-electron chi connectivity index (χ3n) is 7.45. The van der Waals surface area contributed by atoms with Crippen molar-refractivity contribution in [1.29, 1.82) is 5.26 Å². The predicted octanol–water partition coefficient (Wildman–Crippen LogP) is 5.82. The molecule has 0 fully saturated rings. The molecule has 35 heavy (non-hydrogen) atoms. The number of nitriles is 1. The second-order valence-electron chi connectivity index (χ2n) is 9.42. The van der Waals surface area contributed by atoms with Crippen LogP contribution in [0.4, 0.5) is 5.00 Å². The zero-order valence-electron chi connectivity index (χ0n) is 20.3. The first-order valence-corrected chi connectivity index (χ1v) is 13.2. The van der Waals surface area contributed by atoms with Gasteiger partial charge in [-0.1, -0.05) is 25.0 Å². The van der Waals surface area contributed by atoms with Crippen molar-refractivity contribution in [2.75, 3.05) is 19.1 Å². The minimum atomic E-state index is -0.391. The highest BCUT2D eigenvalue weighted by atomic mass is 32.1. The van der Waals surface area contributed by atoms with Crippen LogP contribution >= 0.6 is 11.3 Å². The lowest BCUT2D eigenvalue weighted by atomic mass is 9.77. The minimum absolute atomic E-state index is 0.0703. The number of anilines is 1. The first kappa shape index (κ1) is 23.6. The standard InChI is InChI=1S/C28H30N2O4S/c1-33-23-13-7-10-18(27(23)34-2)19-15-25(32)30(21-11-8-12-22(31)26(19)21)28-20(16-29)17-9-5-3-4-6-14-24(17)35-28/h7,10,13,19H,3-6,8-9,11-12,14-15H2,1-2H3/t19-/m1/s1. The van der Waals surface area contributed by atoms with Crippen molar-refractivity contribution in [3.05, 3.63) is 51.0 Å². The fourth-order valence-electron chi connectivity index (χ4n) is 5.86. The Morgan fingerprint density at radius 2 is 1.80 bits per heavy atom. The Labute approximate surface area is 210 Å². The van der Waals surface area contributed by atoms with Crippen LogP contribution in [0, 0.1) is 11.3 Å². The minimum Gasteiger partial charge on any atom is -0.493 e. The van der Waals surface area contributed by atoms with Gasteiger partial charge in [-0.2, -0.15) is 5.26 Å². The number of ketones is 1. The molecule has 0 spiro atoms. The molecule has 6 nitrogen and oxygen atoms in total. The number of ether oxygens (including phenoxy) is 2. The number of allylic oxidation sites excluding steroid dienone is 2. The van der Waals surface area contributed by atoms with Gasteiger partial charge in [0.05, 0.1) is 19.8 Å². The van der Waals surface area contributed by atoms with Crippen molar-refractivity contribution in [3.63, 3.8) is 0 Å². The van der Waals surface area contributed by atoms with Crippen LogP contribution in [0.3, 0.4) is 0 Å². The molecule has 5 rings (SSSR count). The van der Waals surface area contributed by atoms with Crippen molar-refractivity contribution in [2.24, 2.45) is 0 Å². The fraction of sp³-hybridized carbons (Fsp3) is 0.464. The van der Waals surface area contributed by atoms with Gasteiger partial charge in [0.2, 0.25) is 5.91 Å². The van der Waals surface area contributed by atoms with Gasteiger partial charge in [-0.3, -0.25) is 14.5 Å². The number of fused-ring (bicyclic) bond motifs is 1. The van der Waals surface area contributed by atoms with E-state index in [-0.39, 0.29) is 18.1 Å². The number of amides is 1. The highest BCUT2D eigenvalue weighted by Crippen LogP contribution is 2.50. The van der Waals surface area contributed by atoms with Crippen molar-refractivity contribution < 1.29 is 19.1 Å². The van der Waals surface area contributed by atoms with Crippen molar-refractivity contribution in [3.8, 4) is 17.6 Å². The number of hydrogen-bond acceptors (Lipinski definition) is 6. The topological polar surface area (TPSA) is 79.6 Å². The van der Waals surface area contributed by atoms with Gasteiger partial charge in [0.25, 0.3) is 0 Å². The molecule has 182 valence electrons. The van der Waals surface area contributed by atoms with E-state index in [1.165, 1.54) is 17.7 Å². The molecule has 0 saturated carbocycles. The first-order chi connectivity index (χ1) is 17.1. The zero-order valence-corrected chi connectivity index (χ0v) is 21.1. The third kappa shape index (κ3) is 4.04. The average Bonchev–Trinajstić information content (AvgIpc) is 3.18. The maximum atomic E-state index is 13.8. The average molecular weight is 491 g/mol. The molecule has 0 unspecified atom stereocenters. The molecule has 2 heterocycles. The number of Topliss-reactive ketones (excluding diaryl/α,β-unsaturated/α-hetero) is 1. The Bertz CT molecular complexity index is 1250. The van der Waals surface area contributed by atoms with E-state index < -0.39 is 5.92 Å². The van der Waals surface area contributed by atoms with Crippen molar-refractivity contribution in [2.45, 2.75) is 70.1 Å². The van der Waals surface area contributed by atoms with Crippen molar-refractivity contribution in [1.82, 2.24) is 0 Å². The summed E-state index contributed by atoms with van der Waals surface area (Å²) in [6.45, 7) is 0.